The van der Waals surface area contributed by atoms with Crippen molar-refractivity contribution in [2.24, 2.45) is 11.7 Å². The third-order valence-electron chi connectivity index (χ3n) is 8.72. The summed E-state index contributed by atoms with van der Waals surface area (Å²) in [5.74, 6) is -3.98. The van der Waals surface area contributed by atoms with Crippen molar-refractivity contribution in [1.82, 2.24) is 31.9 Å². The Morgan fingerprint density at radius 3 is 2.11 bits per heavy atom. The number of alkyl halides is 2. The fourth-order valence-electron chi connectivity index (χ4n) is 5.57. The highest BCUT2D eigenvalue weighted by Crippen LogP contribution is 2.17. The molecule has 2 rings (SSSR count). The van der Waals surface area contributed by atoms with Gasteiger partial charge in [0.15, 0.2) is 0 Å². The standard InChI is InChI=1S/C35H54Cl2N8O8/c1-4-22(3)31(44-29(47)20-40-32(49)26(12-13-28(38)46)42-34(51)25-7-6-16-39-25)35(52)43-27(33(50)41-21-30(48)53-5-2)19-23-8-10-24(11-9-23)45(17-14-36)18-15-37/h8-11,22,25-27,31,39H,4-7,12-21H2,1-3H3,(H2,38,46)(H,40,49)(H,41,50)(H,42,51)(H,43,52)(H,44,47)/t22-,25-,26-,27-,31-/m0/s1. The largest absolute Gasteiger partial charge is 0.465 e. The highest BCUT2D eigenvalue weighted by Gasteiger charge is 2.32. The van der Waals surface area contributed by atoms with E-state index in [9.17, 15) is 33.6 Å². The third-order valence-corrected chi connectivity index (χ3v) is 9.06. The Hall–Kier alpha value is -4.15. The van der Waals surface area contributed by atoms with E-state index in [0.717, 1.165) is 12.1 Å². The van der Waals surface area contributed by atoms with Crippen LogP contribution in [0.2, 0.25) is 0 Å². The van der Waals surface area contributed by atoms with E-state index < -0.39 is 84.6 Å². The van der Waals surface area contributed by atoms with Crippen molar-refractivity contribution in [1.29, 1.82) is 0 Å². The fraction of sp³-hybridized carbons (Fsp3) is 0.629. The lowest BCUT2D eigenvalue weighted by atomic mass is 9.97. The summed E-state index contributed by atoms with van der Waals surface area (Å²) in [4.78, 5) is 91.3. The summed E-state index contributed by atoms with van der Waals surface area (Å²) in [6.07, 6.45) is 1.69. The molecule has 8 N–H and O–H groups in total. The van der Waals surface area contributed by atoms with E-state index in [2.05, 4.69) is 31.9 Å². The van der Waals surface area contributed by atoms with E-state index >= 15 is 0 Å². The molecule has 1 aliphatic heterocycles. The number of rotatable bonds is 24. The van der Waals surface area contributed by atoms with E-state index in [1.165, 1.54) is 0 Å². The first-order chi connectivity index (χ1) is 25.3. The molecule has 0 aliphatic carbocycles. The van der Waals surface area contributed by atoms with Gasteiger partial charge in [-0.15, -0.1) is 23.2 Å². The first kappa shape index (κ1) is 45.0. The summed E-state index contributed by atoms with van der Waals surface area (Å²) in [5.41, 5.74) is 6.84. The van der Waals surface area contributed by atoms with Gasteiger partial charge < -0.3 is 47.3 Å². The van der Waals surface area contributed by atoms with Crippen molar-refractivity contribution < 1.29 is 38.3 Å². The predicted molar refractivity (Wildman–Crippen MR) is 201 cm³/mol. The molecule has 5 atom stereocenters. The number of ether oxygens (including phenoxy) is 1. The third kappa shape index (κ3) is 16.2. The average Bonchev–Trinajstić information content (AvgIpc) is 3.69. The molecule has 16 nitrogen and oxygen atoms in total. The minimum atomic E-state index is -1.14. The lowest BCUT2D eigenvalue weighted by Crippen LogP contribution is -2.58. The van der Waals surface area contributed by atoms with Crippen molar-refractivity contribution >= 4 is 70.3 Å². The van der Waals surface area contributed by atoms with Crippen LogP contribution < -0.4 is 42.5 Å². The van der Waals surface area contributed by atoms with Crippen LogP contribution in [0.5, 0.6) is 0 Å². The van der Waals surface area contributed by atoms with Crippen molar-refractivity contribution in [2.45, 2.75) is 83.5 Å². The Morgan fingerprint density at radius 1 is 0.906 bits per heavy atom. The smallest absolute Gasteiger partial charge is 0.325 e. The molecule has 53 heavy (non-hydrogen) atoms. The lowest BCUT2D eigenvalue weighted by Gasteiger charge is -2.27. The van der Waals surface area contributed by atoms with Crippen LogP contribution in [0.15, 0.2) is 24.3 Å². The molecular weight excluding hydrogens is 731 g/mol. The number of esters is 1. The highest BCUT2D eigenvalue weighted by molar-refractivity contribution is 6.18. The van der Waals surface area contributed by atoms with Gasteiger partial charge >= 0.3 is 5.97 Å². The average molecular weight is 786 g/mol. The van der Waals surface area contributed by atoms with Crippen molar-refractivity contribution in [3.63, 3.8) is 0 Å². The highest BCUT2D eigenvalue weighted by atomic mass is 35.5. The number of anilines is 1. The van der Waals surface area contributed by atoms with Gasteiger partial charge in [0.1, 0.15) is 24.7 Å². The molecule has 6 amide bonds. The maximum Gasteiger partial charge on any atom is 0.325 e. The van der Waals surface area contributed by atoms with Crippen LogP contribution in [0.25, 0.3) is 0 Å². The van der Waals surface area contributed by atoms with Crippen LogP contribution in [-0.2, 0) is 44.7 Å². The lowest BCUT2D eigenvalue weighted by molar-refractivity contribution is -0.143. The van der Waals surface area contributed by atoms with Crippen LogP contribution in [0.1, 0.15) is 58.4 Å². The predicted octanol–water partition coefficient (Wildman–Crippen LogP) is -0.173. The quantitative estimate of drug-likeness (QED) is 0.0541. The monoisotopic (exact) mass is 784 g/mol. The first-order valence-electron chi connectivity index (χ1n) is 17.9. The zero-order valence-electron chi connectivity index (χ0n) is 30.6. The molecule has 1 saturated heterocycles. The maximum absolute atomic E-state index is 13.7. The number of nitrogens with zero attached hydrogens (tertiary/aromatic N) is 1. The van der Waals surface area contributed by atoms with Gasteiger partial charge in [-0.3, -0.25) is 33.6 Å². The number of benzene rings is 1. The molecule has 1 heterocycles. The number of primary amides is 1. The summed E-state index contributed by atoms with van der Waals surface area (Å²) in [5, 5.41) is 16.0. The SMILES string of the molecule is CCOC(=O)CNC(=O)[C@H](Cc1ccc(N(CCCl)CCCl)cc1)NC(=O)[C@@H](NC(=O)CNC(=O)[C@H](CCC(N)=O)NC(=O)[C@@H]1CCCN1)[C@@H](C)CC. The minimum Gasteiger partial charge on any atom is -0.465 e. The molecule has 0 bridgehead atoms. The van der Waals surface area contributed by atoms with Crippen molar-refractivity contribution in [3.8, 4) is 0 Å². The van der Waals surface area contributed by atoms with Crippen LogP contribution >= 0.6 is 23.2 Å². The number of carbonyl (C=O) groups excluding carboxylic acids is 7. The van der Waals surface area contributed by atoms with Crippen molar-refractivity contribution in [2.75, 3.05) is 56.0 Å². The number of amides is 6. The van der Waals surface area contributed by atoms with Crippen molar-refractivity contribution in [3.05, 3.63) is 29.8 Å². The van der Waals surface area contributed by atoms with E-state index in [1.807, 2.05) is 36.1 Å². The van der Waals surface area contributed by atoms with Gasteiger partial charge in [-0.05, 0) is 56.3 Å². The second kappa shape index (κ2) is 24.2. The molecule has 1 aromatic carbocycles. The zero-order valence-corrected chi connectivity index (χ0v) is 32.2. The molecule has 296 valence electrons. The number of hydrogen-bond acceptors (Lipinski definition) is 10. The van der Waals surface area contributed by atoms with E-state index in [4.69, 9.17) is 33.7 Å². The molecule has 1 aliphatic rings. The zero-order chi connectivity index (χ0) is 39.3. The Balaban J connectivity index is 2.17. The van der Waals surface area contributed by atoms with Crippen LogP contribution in [0, 0.1) is 5.92 Å². The summed E-state index contributed by atoms with van der Waals surface area (Å²) in [6, 6.07) is 3.49. The molecule has 1 aromatic rings. The van der Waals surface area contributed by atoms with Gasteiger partial charge in [-0.25, -0.2) is 0 Å². The van der Waals surface area contributed by atoms with Gasteiger partial charge in [-0.2, -0.15) is 0 Å². The summed E-state index contributed by atoms with van der Waals surface area (Å²) in [6.45, 7) is 6.22. The van der Waals surface area contributed by atoms with Gasteiger partial charge in [-0.1, -0.05) is 32.4 Å². The first-order valence-corrected chi connectivity index (χ1v) is 19.0. The van der Waals surface area contributed by atoms with Gasteiger partial charge in [0.25, 0.3) is 0 Å². The second-order valence-corrected chi connectivity index (χ2v) is 13.4. The molecular formula is C35H54Cl2N8O8. The molecule has 0 unspecified atom stereocenters. The van der Waals surface area contributed by atoms with Gasteiger partial charge in [0.05, 0.1) is 19.2 Å². The Morgan fingerprint density at radius 2 is 1.55 bits per heavy atom. The van der Waals surface area contributed by atoms with E-state index in [1.54, 1.807) is 13.8 Å². The Kier molecular flexibility index (Phi) is 20.6. The number of nitrogens with one attached hydrogen (secondary N) is 6. The molecule has 0 saturated carbocycles. The number of hydrogen-bond donors (Lipinski definition) is 7. The number of halogens is 2. The van der Waals surface area contributed by atoms with Crippen LogP contribution in [0.4, 0.5) is 5.69 Å². The summed E-state index contributed by atoms with van der Waals surface area (Å²) in [7, 11) is 0. The van der Waals surface area contributed by atoms with Gasteiger partial charge in [0.2, 0.25) is 35.4 Å². The van der Waals surface area contributed by atoms with Crippen LogP contribution in [-0.4, -0.2) is 117 Å². The molecule has 18 heteroatoms. The normalized spacial score (nSPS) is 15.9. The number of carbonyl (C=O) groups is 7. The topological polar surface area (TPSA) is 230 Å². The van der Waals surface area contributed by atoms with Crippen LogP contribution in [0.3, 0.4) is 0 Å². The minimum absolute atomic E-state index is 0.0533. The molecule has 0 aromatic heterocycles. The fourth-order valence-corrected chi connectivity index (χ4v) is 5.98. The molecule has 1 fully saturated rings. The molecule has 0 spiro atoms. The summed E-state index contributed by atoms with van der Waals surface area (Å²) >= 11 is 11.9. The number of nitrogens with two attached hydrogens (primary N) is 1. The molecule has 0 radical (unpaired) electrons. The Labute approximate surface area is 320 Å². The van der Waals surface area contributed by atoms with E-state index in [-0.39, 0.29) is 25.9 Å². The second-order valence-electron chi connectivity index (χ2n) is 12.7. The van der Waals surface area contributed by atoms with E-state index in [0.29, 0.717) is 49.8 Å². The summed E-state index contributed by atoms with van der Waals surface area (Å²) < 4.78 is 4.91. The van der Waals surface area contributed by atoms with Gasteiger partial charge in [0, 0.05) is 43.4 Å². The maximum atomic E-state index is 13.7. The Bertz CT molecular complexity index is 1370.